The van der Waals surface area contributed by atoms with Crippen molar-refractivity contribution in [2.75, 3.05) is 0 Å². The Morgan fingerprint density at radius 2 is 1.06 bits per heavy atom. The Labute approximate surface area is 304 Å². The molecule has 0 saturated carbocycles. The summed E-state index contributed by atoms with van der Waals surface area (Å²) >= 11 is 2.22. The number of nitrogens with two attached hydrogens (primary N) is 1. The van der Waals surface area contributed by atoms with Crippen molar-refractivity contribution >= 4 is 37.8 Å². The number of benzene rings is 6. The fraction of sp³-hybridized carbons (Fsp3) is 0.0238. The minimum atomic E-state index is -4.79. The number of alkyl halides is 3. The van der Waals surface area contributed by atoms with Gasteiger partial charge in [0.15, 0.2) is 0 Å². The molecule has 3 nitrogen and oxygen atoms in total. The molecular weight excluding hydrogens is 747 g/mol. The van der Waals surface area contributed by atoms with Crippen molar-refractivity contribution in [2.45, 2.75) is 6.36 Å². The second kappa shape index (κ2) is 17.5. The van der Waals surface area contributed by atoms with E-state index < -0.39 is 6.36 Å². The SMILES string of the molecule is NC(=Nc1ccccc1/C(=C(/C(=[C-]c1ccccc1)c1ccccc1)c1ccccc1)c1ccccc1)c1ccc(OC(F)(F)F)cc1.[Cl][Pd+]. The Morgan fingerprint density at radius 1 is 0.580 bits per heavy atom. The first-order valence-corrected chi connectivity index (χ1v) is 17.4. The topological polar surface area (TPSA) is 47.6 Å². The molecule has 6 aromatic carbocycles. The van der Waals surface area contributed by atoms with Crippen LogP contribution in [0.1, 0.15) is 33.4 Å². The van der Waals surface area contributed by atoms with E-state index in [1.165, 1.54) is 24.3 Å². The molecule has 0 aliphatic heterocycles. The predicted octanol–water partition coefficient (Wildman–Crippen LogP) is 11.2. The summed E-state index contributed by atoms with van der Waals surface area (Å²) in [7, 11) is 4.49. The van der Waals surface area contributed by atoms with Gasteiger partial charge in [0.05, 0.1) is 5.69 Å². The molecule has 2 N–H and O–H groups in total. The molecule has 0 atom stereocenters. The van der Waals surface area contributed by atoms with E-state index in [9.17, 15) is 13.2 Å². The van der Waals surface area contributed by atoms with E-state index in [2.05, 4.69) is 74.9 Å². The van der Waals surface area contributed by atoms with Gasteiger partial charge < -0.3 is 10.5 Å². The van der Waals surface area contributed by atoms with E-state index in [1.807, 2.05) is 109 Å². The van der Waals surface area contributed by atoms with Crippen molar-refractivity contribution in [3.05, 3.63) is 209 Å². The Bertz CT molecular complexity index is 2070. The second-order valence-corrected chi connectivity index (χ2v) is 10.8. The molecule has 8 heteroatoms. The minimum absolute atomic E-state index is 0.143. The Morgan fingerprint density at radius 3 is 1.62 bits per heavy atom. The van der Waals surface area contributed by atoms with Gasteiger partial charge in [-0.1, -0.05) is 144 Å². The van der Waals surface area contributed by atoms with Crippen LogP contribution in [0.15, 0.2) is 175 Å². The number of hydrogen-bond acceptors (Lipinski definition) is 2. The van der Waals surface area contributed by atoms with Crippen LogP contribution in [0.5, 0.6) is 5.75 Å². The molecule has 6 aromatic rings. The van der Waals surface area contributed by atoms with Gasteiger partial charge in [-0.15, -0.1) is 42.5 Å². The third-order valence-corrected chi connectivity index (χ3v) is 7.53. The summed E-state index contributed by atoms with van der Waals surface area (Å²) in [4.78, 5) is 4.84. The Balaban J connectivity index is 0.00000239. The maximum atomic E-state index is 12.7. The van der Waals surface area contributed by atoms with E-state index in [1.54, 1.807) is 0 Å². The summed E-state index contributed by atoms with van der Waals surface area (Å²) < 4.78 is 42.3. The molecule has 0 fully saturated rings. The van der Waals surface area contributed by atoms with Crippen LogP contribution in [-0.4, -0.2) is 12.2 Å². The van der Waals surface area contributed by atoms with E-state index in [0.29, 0.717) is 11.3 Å². The van der Waals surface area contributed by atoms with Crippen molar-refractivity contribution in [1.29, 1.82) is 0 Å². The normalized spacial score (nSPS) is 12.4. The molecule has 0 amide bonds. The Kier molecular flexibility index (Phi) is 12.6. The van der Waals surface area contributed by atoms with Crippen molar-refractivity contribution in [2.24, 2.45) is 10.7 Å². The van der Waals surface area contributed by atoms with Crippen LogP contribution in [0.2, 0.25) is 0 Å². The van der Waals surface area contributed by atoms with Gasteiger partial charge in [0.25, 0.3) is 0 Å². The molecule has 0 saturated heterocycles. The fourth-order valence-electron chi connectivity index (χ4n) is 5.41. The van der Waals surface area contributed by atoms with E-state index in [-0.39, 0.29) is 11.6 Å². The predicted molar refractivity (Wildman–Crippen MR) is 193 cm³/mol. The zero-order valence-corrected chi connectivity index (χ0v) is 28.7. The van der Waals surface area contributed by atoms with E-state index in [4.69, 9.17) is 10.7 Å². The quantitative estimate of drug-likeness (QED) is 0.0397. The van der Waals surface area contributed by atoms with Gasteiger partial charge in [0.2, 0.25) is 0 Å². The molecule has 0 unspecified atom stereocenters. The molecule has 0 heterocycles. The third kappa shape index (κ3) is 9.49. The van der Waals surface area contributed by atoms with Crippen molar-refractivity contribution in [3.8, 4) is 5.75 Å². The second-order valence-electron chi connectivity index (χ2n) is 10.8. The monoisotopic (exact) mass is 776 g/mol. The summed E-state index contributed by atoms with van der Waals surface area (Å²) in [5, 5.41) is 0. The number of allylic oxidation sites excluding steroid dienone is 2. The average Bonchev–Trinajstić information content (AvgIpc) is 3.15. The van der Waals surface area contributed by atoms with Gasteiger partial charge in [-0.05, 0) is 41.5 Å². The van der Waals surface area contributed by atoms with Crippen LogP contribution >= 0.6 is 9.53 Å². The molecule has 0 radical (unpaired) electrons. The summed E-state index contributed by atoms with van der Waals surface area (Å²) in [6.07, 6.45) is -1.06. The number of amidine groups is 1. The number of hydrogen-bond donors (Lipinski definition) is 1. The number of rotatable bonds is 9. The van der Waals surface area contributed by atoms with Gasteiger partial charge in [-0.25, -0.2) is 4.99 Å². The number of halogens is 4. The fourth-order valence-corrected chi connectivity index (χ4v) is 5.41. The first kappa shape index (κ1) is 36.1. The van der Waals surface area contributed by atoms with Crippen LogP contribution in [0.3, 0.4) is 0 Å². The van der Waals surface area contributed by atoms with Crippen LogP contribution in [0, 0.1) is 6.08 Å². The van der Waals surface area contributed by atoms with Gasteiger partial charge in [0.1, 0.15) is 11.6 Å². The van der Waals surface area contributed by atoms with E-state index in [0.717, 1.165) is 44.5 Å². The first-order valence-electron chi connectivity index (χ1n) is 15.4. The van der Waals surface area contributed by atoms with Gasteiger partial charge in [-0.3, -0.25) is 0 Å². The van der Waals surface area contributed by atoms with Crippen molar-refractivity contribution in [1.82, 2.24) is 0 Å². The van der Waals surface area contributed by atoms with Crippen LogP contribution in [0.25, 0.3) is 16.7 Å². The molecule has 0 bridgehead atoms. The summed E-state index contributed by atoms with van der Waals surface area (Å²) in [5.41, 5.74) is 14.9. The summed E-state index contributed by atoms with van der Waals surface area (Å²) in [5.74, 6) is -0.194. The molecule has 0 aliphatic rings. The van der Waals surface area contributed by atoms with Crippen molar-refractivity contribution < 1.29 is 36.1 Å². The maximum absolute atomic E-state index is 12.7. The molecule has 50 heavy (non-hydrogen) atoms. The third-order valence-electron chi connectivity index (χ3n) is 7.53. The molecule has 252 valence electrons. The number of nitrogens with zero attached hydrogens (tertiary/aromatic N) is 1. The molecular formula is C42H30ClF3N2OPd. The van der Waals surface area contributed by atoms with Gasteiger partial charge in [0, 0.05) is 11.1 Å². The molecule has 6 rings (SSSR count). The molecule has 0 spiro atoms. The molecule has 0 aliphatic carbocycles. The van der Waals surface area contributed by atoms with Crippen LogP contribution < -0.4 is 10.5 Å². The van der Waals surface area contributed by atoms with E-state index >= 15 is 0 Å². The van der Waals surface area contributed by atoms with Crippen LogP contribution in [-0.2, 0) is 18.2 Å². The van der Waals surface area contributed by atoms with Gasteiger partial charge >= 0.3 is 34.1 Å². The zero-order valence-electron chi connectivity index (χ0n) is 26.4. The summed E-state index contributed by atoms with van der Waals surface area (Å²) in [6.45, 7) is 0. The average molecular weight is 778 g/mol. The standard InChI is InChI=1S/C42H30F3N2O.ClH.Pd/c43-42(44,45)48-35-27-25-34(26-28-35)41(46)47-38-24-14-13-23-36(38)39(32-19-9-3-10-20-32)40(33-21-11-4-12-22-33)37(31-17-7-2-8-18-31)29-30-15-5-1-6-16-30;;/h1-28H,(H2,46,47);1H;/q-1;;+2/p-1/b40-39+;;. The molecule has 0 aromatic heterocycles. The van der Waals surface area contributed by atoms with Crippen molar-refractivity contribution in [3.63, 3.8) is 0 Å². The summed E-state index contributed by atoms with van der Waals surface area (Å²) in [6, 6.07) is 53.5. The number of para-hydroxylation sites is 1. The zero-order chi connectivity index (χ0) is 35.3. The number of ether oxygens (including phenoxy) is 1. The number of aliphatic imine (C=N–C) groups is 1. The Hall–Kier alpha value is -5.19. The van der Waals surface area contributed by atoms with Gasteiger partial charge in [-0.2, -0.15) is 0 Å². The van der Waals surface area contributed by atoms with Crippen LogP contribution in [0.4, 0.5) is 18.9 Å². The first-order chi connectivity index (χ1) is 24.4.